The van der Waals surface area contributed by atoms with Crippen LogP contribution in [0.2, 0.25) is 0 Å². The number of benzene rings is 10. The van der Waals surface area contributed by atoms with Crippen LogP contribution in [0.5, 0.6) is 0 Å². The first-order valence-corrected chi connectivity index (χ1v) is 24.0. The zero-order valence-electron chi connectivity index (χ0n) is 34.9. The second-order valence-corrected chi connectivity index (χ2v) is 20.6. The highest BCUT2D eigenvalue weighted by Crippen LogP contribution is 2.43. The van der Waals surface area contributed by atoms with Crippen molar-refractivity contribution in [1.29, 1.82) is 0 Å². The van der Waals surface area contributed by atoms with Gasteiger partial charge in [0, 0.05) is 43.6 Å². The largest absolute Gasteiger partial charge is 0.456 e. The molecule has 0 spiro atoms. The van der Waals surface area contributed by atoms with Gasteiger partial charge < -0.3 is 13.6 Å². The Morgan fingerprint density at radius 2 is 0.859 bits per heavy atom. The fraction of sp³-hybridized carbons (Fsp3) is 0. The van der Waals surface area contributed by atoms with E-state index in [0.717, 1.165) is 50.0 Å². The predicted octanol–water partition coefficient (Wildman–Crippen LogP) is 12.8. The number of hydrogen-bond acceptors (Lipinski definition) is 1. The third-order valence-corrected chi connectivity index (χ3v) is 18.2. The number of nitrogens with zero attached hydrogens (tertiary/aromatic N) is 2. The molecule has 0 aliphatic carbocycles. The van der Waals surface area contributed by atoms with E-state index in [1.165, 1.54) is 58.8 Å². The number of fused-ring (bicyclic) bond motifs is 9. The molecule has 0 fully saturated rings. The van der Waals surface area contributed by atoms with E-state index >= 15 is 0 Å². The zero-order valence-corrected chi connectivity index (χ0v) is 35.9. The minimum absolute atomic E-state index is 0.893. The van der Waals surface area contributed by atoms with Crippen molar-refractivity contribution in [2.45, 2.75) is 0 Å². The van der Waals surface area contributed by atoms with Crippen LogP contribution in [-0.4, -0.2) is 17.2 Å². The quantitative estimate of drug-likeness (QED) is 0.116. The molecule has 0 bridgehead atoms. The molecule has 0 atom stereocenters. The maximum atomic E-state index is 6.45. The van der Waals surface area contributed by atoms with Gasteiger partial charge in [0.2, 0.25) is 0 Å². The molecular weight excluding hydrogens is 793 g/mol. The van der Waals surface area contributed by atoms with Crippen molar-refractivity contribution < 1.29 is 4.42 Å². The van der Waals surface area contributed by atoms with E-state index in [4.69, 9.17) is 4.42 Å². The first-order chi connectivity index (χ1) is 31.8. The maximum absolute atomic E-state index is 6.45. The SMILES string of the molecule is c1ccc([Si](c2ccccc2)(c2ccccc2)c2cccc(-n3c4ccccc4c4c(-n5c6ccccc6c6cccc(-c7ccc8c(c7)oc7ccccc78)c65)cccc43)c2)cc1. The summed E-state index contributed by atoms with van der Waals surface area (Å²) in [4.78, 5) is 0. The Labute approximate surface area is 371 Å². The van der Waals surface area contributed by atoms with Gasteiger partial charge >= 0.3 is 0 Å². The van der Waals surface area contributed by atoms with Crippen molar-refractivity contribution in [2.24, 2.45) is 0 Å². The first-order valence-electron chi connectivity index (χ1n) is 22.0. The second-order valence-electron chi connectivity index (χ2n) is 16.8. The molecule has 64 heavy (non-hydrogen) atoms. The average Bonchev–Trinajstić information content (AvgIpc) is 4.03. The molecule has 0 N–H and O–H groups in total. The topological polar surface area (TPSA) is 23.0 Å². The third-order valence-electron chi connectivity index (χ3n) is 13.5. The minimum atomic E-state index is -2.78. The lowest BCUT2D eigenvalue weighted by Gasteiger charge is -2.34. The normalized spacial score (nSPS) is 12.1. The summed E-state index contributed by atoms with van der Waals surface area (Å²) in [6.45, 7) is 0. The van der Waals surface area contributed by atoms with Crippen LogP contribution in [-0.2, 0) is 0 Å². The van der Waals surface area contributed by atoms with Gasteiger partial charge in [-0.15, -0.1) is 0 Å². The van der Waals surface area contributed by atoms with Crippen molar-refractivity contribution in [3.05, 3.63) is 243 Å². The molecule has 0 amide bonds. The number of furan rings is 1. The Morgan fingerprint density at radius 3 is 1.58 bits per heavy atom. The summed E-state index contributed by atoms with van der Waals surface area (Å²) >= 11 is 0. The zero-order chi connectivity index (χ0) is 42.2. The summed E-state index contributed by atoms with van der Waals surface area (Å²) in [5, 5.41) is 12.5. The molecular formula is C60H40N2OSi. The molecule has 10 aromatic carbocycles. The van der Waals surface area contributed by atoms with E-state index in [-0.39, 0.29) is 0 Å². The molecule has 13 rings (SSSR count). The summed E-state index contributed by atoms with van der Waals surface area (Å²) in [5.41, 5.74) is 11.0. The number of hydrogen-bond donors (Lipinski definition) is 0. The summed E-state index contributed by atoms with van der Waals surface area (Å²) in [5.74, 6) is 0. The lowest BCUT2D eigenvalue weighted by atomic mass is 10.0. The van der Waals surface area contributed by atoms with Gasteiger partial charge in [-0.25, -0.2) is 0 Å². The molecule has 3 aromatic heterocycles. The van der Waals surface area contributed by atoms with E-state index in [9.17, 15) is 0 Å². The molecule has 0 unspecified atom stereocenters. The van der Waals surface area contributed by atoms with Crippen LogP contribution < -0.4 is 20.7 Å². The van der Waals surface area contributed by atoms with Gasteiger partial charge in [0.1, 0.15) is 11.2 Å². The van der Waals surface area contributed by atoms with Crippen LogP contribution in [0.15, 0.2) is 247 Å². The standard InChI is InChI=1S/C60H40N2OSi/c1-4-20-43(21-5-1)64(44-22-6-2-7-23-44,45-24-8-3-9-25-45)46-26-16-19-42(40-46)61-54-33-14-11-29-52(54)59-55(61)34-18-35-56(59)62-53-32-13-10-27-48(53)51-31-17-30-47(60(51)62)41-37-38-50-49-28-12-15-36-57(49)63-58(50)39-41/h1-40H. The molecule has 0 saturated heterocycles. The van der Waals surface area contributed by atoms with Gasteiger partial charge in [0.15, 0.2) is 8.07 Å². The Kier molecular flexibility index (Phi) is 8.23. The highest BCUT2D eigenvalue weighted by molar-refractivity contribution is 7.19. The third kappa shape index (κ3) is 5.33. The van der Waals surface area contributed by atoms with E-state index in [1.54, 1.807) is 0 Å². The second kappa shape index (κ2) is 14.5. The monoisotopic (exact) mass is 832 g/mol. The van der Waals surface area contributed by atoms with Crippen molar-refractivity contribution in [1.82, 2.24) is 9.13 Å². The molecule has 0 saturated carbocycles. The van der Waals surface area contributed by atoms with Crippen LogP contribution in [0.25, 0.3) is 88.1 Å². The Balaban J connectivity index is 1.08. The highest BCUT2D eigenvalue weighted by atomic mass is 28.3. The fourth-order valence-electron chi connectivity index (χ4n) is 10.8. The lowest BCUT2D eigenvalue weighted by Crippen LogP contribution is -2.74. The van der Waals surface area contributed by atoms with Crippen LogP contribution in [0.1, 0.15) is 0 Å². The highest BCUT2D eigenvalue weighted by Gasteiger charge is 2.41. The van der Waals surface area contributed by atoms with Gasteiger partial charge in [0.05, 0.1) is 27.8 Å². The van der Waals surface area contributed by atoms with Gasteiger partial charge in [-0.3, -0.25) is 0 Å². The molecule has 0 aliphatic rings. The fourth-order valence-corrected chi connectivity index (χ4v) is 15.6. The maximum Gasteiger partial charge on any atom is 0.179 e. The molecule has 0 radical (unpaired) electrons. The smallest absolute Gasteiger partial charge is 0.179 e. The van der Waals surface area contributed by atoms with Crippen LogP contribution in [0, 0.1) is 0 Å². The van der Waals surface area contributed by atoms with Crippen LogP contribution in [0.3, 0.4) is 0 Å². The molecule has 0 aliphatic heterocycles. The molecule has 13 aromatic rings. The van der Waals surface area contributed by atoms with E-state index in [2.05, 4.69) is 246 Å². The average molecular weight is 833 g/mol. The molecule has 3 nitrogen and oxygen atoms in total. The van der Waals surface area contributed by atoms with Gasteiger partial charge in [-0.2, -0.15) is 0 Å². The summed E-state index contributed by atoms with van der Waals surface area (Å²) in [6.07, 6.45) is 0. The summed E-state index contributed by atoms with van der Waals surface area (Å²) < 4.78 is 11.4. The van der Waals surface area contributed by atoms with E-state index in [0.29, 0.717) is 0 Å². The number of rotatable bonds is 7. The Morgan fingerprint density at radius 1 is 0.328 bits per heavy atom. The van der Waals surface area contributed by atoms with Crippen molar-refractivity contribution >= 4 is 94.4 Å². The number of aromatic nitrogens is 2. The van der Waals surface area contributed by atoms with Crippen molar-refractivity contribution in [2.75, 3.05) is 0 Å². The predicted molar refractivity (Wildman–Crippen MR) is 271 cm³/mol. The summed E-state index contributed by atoms with van der Waals surface area (Å²) in [6, 6.07) is 89.3. The van der Waals surface area contributed by atoms with Crippen LogP contribution in [0.4, 0.5) is 0 Å². The van der Waals surface area contributed by atoms with Crippen molar-refractivity contribution in [3.63, 3.8) is 0 Å². The minimum Gasteiger partial charge on any atom is -0.456 e. The van der Waals surface area contributed by atoms with Crippen molar-refractivity contribution in [3.8, 4) is 22.5 Å². The number of para-hydroxylation sites is 4. The van der Waals surface area contributed by atoms with Crippen LogP contribution >= 0.6 is 0 Å². The molecule has 3 heterocycles. The molecule has 4 heteroatoms. The van der Waals surface area contributed by atoms with Gasteiger partial charge in [-0.05, 0) is 80.9 Å². The van der Waals surface area contributed by atoms with Gasteiger partial charge in [-0.1, -0.05) is 188 Å². The lowest BCUT2D eigenvalue weighted by molar-refractivity contribution is 0.669. The van der Waals surface area contributed by atoms with E-state index in [1.807, 2.05) is 6.07 Å². The van der Waals surface area contributed by atoms with Gasteiger partial charge in [0.25, 0.3) is 0 Å². The molecule has 300 valence electrons. The Hall–Kier alpha value is -8.18. The Bertz CT molecular complexity index is 3800. The summed E-state index contributed by atoms with van der Waals surface area (Å²) in [7, 11) is -2.78. The van der Waals surface area contributed by atoms with E-state index < -0.39 is 8.07 Å². The first kappa shape index (κ1) is 36.5.